The molecular weight excluding hydrogens is 446 g/mol. The van der Waals surface area contributed by atoms with Crippen LogP contribution in [0.25, 0.3) is 0 Å². The lowest BCUT2D eigenvalue weighted by Gasteiger charge is -2.50. The monoisotopic (exact) mass is 483 g/mol. The number of carbonyl (C=O) groups is 2. The minimum absolute atomic E-state index is 0.0803. The second-order valence-electron chi connectivity index (χ2n) is 10.8. The number of H-pyrrole nitrogens is 1. The van der Waals surface area contributed by atoms with Crippen molar-refractivity contribution < 1.29 is 14.7 Å². The van der Waals surface area contributed by atoms with Crippen molar-refractivity contribution in [1.29, 1.82) is 0 Å². The molecule has 9 heteroatoms. The van der Waals surface area contributed by atoms with E-state index in [1.54, 1.807) is 4.90 Å². The van der Waals surface area contributed by atoms with Crippen LogP contribution in [0.4, 0.5) is 10.6 Å². The number of rotatable bonds is 7. The van der Waals surface area contributed by atoms with E-state index in [1.807, 2.05) is 44.2 Å². The Labute approximate surface area is 202 Å². The quantitative estimate of drug-likeness (QED) is 0.435. The zero-order valence-corrected chi connectivity index (χ0v) is 21.9. The third-order valence-corrected chi connectivity index (χ3v) is 13.5. The maximum Gasteiger partial charge on any atom is 0.319 e. The molecule has 0 radical (unpaired) electrons. The molecular formula is C25H37N5O3Si. The molecule has 2 aromatic rings. The molecule has 1 fully saturated rings. The number of amides is 3. The molecule has 1 unspecified atom stereocenters. The van der Waals surface area contributed by atoms with Crippen molar-refractivity contribution in [3.8, 4) is 0 Å². The molecule has 34 heavy (non-hydrogen) atoms. The van der Waals surface area contributed by atoms with Crippen molar-refractivity contribution in [2.24, 2.45) is 0 Å². The summed E-state index contributed by atoms with van der Waals surface area (Å²) in [5, 5.41) is 23.2. The van der Waals surface area contributed by atoms with E-state index in [1.165, 1.54) is 0 Å². The summed E-state index contributed by atoms with van der Waals surface area (Å²) < 4.78 is 0. The van der Waals surface area contributed by atoms with Gasteiger partial charge in [-0.1, -0.05) is 62.8 Å². The van der Waals surface area contributed by atoms with Gasteiger partial charge in [-0.25, -0.2) is 4.79 Å². The van der Waals surface area contributed by atoms with Gasteiger partial charge in [-0.05, 0) is 32.3 Å². The molecule has 184 valence electrons. The highest BCUT2D eigenvalue weighted by atomic mass is 28.3. The normalized spacial score (nSPS) is 19.2. The van der Waals surface area contributed by atoms with Crippen molar-refractivity contribution in [3.63, 3.8) is 0 Å². The molecule has 1 aromatic heterocycles. The minimum atomic E-state index is -1.73. The van der Waals surface area contributed by atoms with E-state index < -0.39 is 19.7 Å². The topological polar surface area (TPSA) is 110 Å². The van der Waals surface area contributed by atoms with E-state index in [2.05, 4.69) is 40.8 Å². The Morgan fingerprint density at radius 3 is 2.47 bits per heavy atom. The third kappa shape index (κ3) is 3.84. The van der Waals surface area contributed by atoms with Gasteiger partial charge in [0.05, 0.1) is 38.5 Å². The maximum atomic E-state index is 13.5. The second-order valence-corrected chi connectivity index (χ2v) is 16.2. The molecule has 1 aliphatic carbocycles. The van der Waals surface area contributed by atoms with Crippen LogP contribution < -0.4 is 10.6 Å². The first-order chi connectivity index (χ1) is 16.1. The van der Waals surface area contributed by atoms with Gasteiger partial charge in [-0.2, -0.15) is 5.10 Å². The van der Waals surface area contributed by atoms with Gasteiger partial charge in [0.1, 0.15) is 0 Å². The Hall–Kier alpha value is -2.65. The summed E-state index contributed by atoms with van der Waals surface area (Å²) in [6.07, 6.45) is 2.98. The summed E-state index contributed by atoms with van der Waals surface area (Å²) in [6, 6.07) is 9.72. The van der Waals surface area contributed by atoms with Gasteiger partial charge in [-0.15, -0.1) is 0 Å². The van der Waals surface area contributed by atoms with Gasteiger partial charge in [-0.3, -0.25) is 9.89 Å². The Balaban J connectivity index is 1.52. The molecule has 4 rings (SSSR count). The molecule has 1 aromatic carbocycles. The van der Waals surface area contributed by atoms with Crippen LogP contribution in [0, 0.1) is 0 Å². The van der Waals surface area contributed by atoms with Crippen molar-refractivity contribution >= 4 is 25.8 Å². The van der Waals surface area contributed by atoms with Crippen LogP contribution in [0.15, 0.2) is 30.3 Å². The number of urea groups is 1. The van der Waals surface area contributed by atoms with E-state index in [0.717, 1.165) is 42.1 Å². The highest BCUT2D eigenvalue weighted by Gasteiger charge is 2.55. The number of aliphatic hydroxyl groups is 1. The molecule has 8 nitrogen and oxygen atoms in total. The summed E-state index contributed by atoms with van der Waals surface area (Å²) in [6.45, 7) is 10.9. The van der Waals surface area contributed by atoms with Crippen LogP contribution in [0.5, 0.6) is 0 Å². The zero-order valence-electron chi connectivity index (χ0n) is 20.9. The van der Waals surface area contributed by atoms with Crippen LogP contribution >= 0.6 is 0 Å². The highest BCUT2D eigenvalue weighted by Crippen LogP contribution is 2.57. The average Bonchev–Trinajstić information content (AvgIpc) is 3.29. The summed E-state index contributed by atoms with van der Waals surface area (Å²) in [5.74, 6) is 0.606. The first kappa shape index (κ1) is 24.5. The van der Waals surface area contributed by atoms with Crippen molar-refractivity contribution in [1.82, 2.24) is 20.4 Å². The molecule has 2 heterocycles. The standard InChI is InChI=1S/C25H37N5O3Si/c1-6-34(4,5)25(13-10-14-25)22(32)27-21-18-15-30(24(2,3)20(18)28-29-21)23(33)26-19(16-31)17-11-8-7-9-12-17/h7-9,11-12,19,31H,6,10,13-16H2,1-5H3,(H,26,33)(H2,27,28,29,32). The van der Waals surface area contributed by atoms with Crippen molar-refractivity contribution in [3.05, 3.63) is 47.2 Å². The lowest BCUT2D eigenvalue weighted by Crippen LogP contribution is -2.53. The Kier molecular flexibility index (Phi) is 6.37. The molecule has 0 spiro atoms. The predicted molar refractivity (Wildman–Crippen MR) is 135 cm³/mol. The summed E-state index contributed by atoms with van der Waals surface area (Å²) in [7, 11) is -1.73. The fourth-order valence-electron chi connectivity index (χ4n) is 5.40. The molecule has 0 saturated heterocycles. The average molecular weight is 484 g/mol. The predicted octanol–water partition coefficient (Wildman–Crippen LogP) is 4.49. The SMILES string of the molecule is CC[Si](C)(C)C1(C(=O)Nc2n[nH]c3c2CN(C(=O)NC(CO)c2ccccc2)C3(C)C)CCC1. The second kappa shape index (κ2) is 8.85. The van der Waals surface area contributed by atoms with E-state index in [4.69, 9.17) is 0 Å². The highest BCUT2D eigenvalue weighted by molar-refractivity contribution is 6.84. The van der Waals surface area contributed by atoms with Gasteiger partial charge < -0.3 is 20.6 Å². The molecule has 2 aliphatic rings. The molecule has 4 N–H and O–H groups in total. The molecule has 3 amide bonds. The number of aromatic nitrogens is 2. The summed E-state index contributed by atoms with van der Waals surface area (Å²) >= 11 is 0. The number of fused-ring (bicyclic) bond motifs is 1. The number of benzene rings is 1. The van der Waals surface area contributed by atoms with Crippen molar-refractivity contribution in [2.45, 2.75) is 82.3 Å². The van der Waals surface area contributed by atoms with Crippen LogP contribution in [0.3, 0.4) is 0 Å². The number of hydrogen-bond donors (Lipinski definition) is 4. The number of aliphatic hydroxyl groups excluding tert-OH is 1. The van der Waals surface area contributed by atoms with E-state index in [-0.39, 0.29) is 23.6 Å². The summed E-state index contributed by atoms with van der Waals surface area (Å²) in [5.41, 5.74) is 1.88. The number of carbonyl (C=O) groups excluding carboxylic acids is 2. The van der Waals surface area contributed by atoms with E-state index in [9.17, 15) is 14.7 Å². The Morgan fingerprint density at radius 1 is 1.24 bits per heavy atom. The number of aromatic amines is 1. The Morgan fingerprint density at radius 2 is 1.91 bits per heavy atom. The van der Waals surface area contributed by atoms with Crippen LogP contribution in [-0.4, -0.2) is 46.8 Å². The van der Waals surface area contributed by atoms with Gasteiger partial charge in [0.2, 0.25) is 5.91 Å². The minimum Gasteiger partial charge on any atom is -0.394 e. The van der Waals surface area contributed by atoms with Crippen LogP contribution in [0.2, 0.25) is 24.2 Å². The number of anilines is 1. The fourth-order valence-corrected chi connectivity index (χ4v) is 8.46. The van der Waals surface area contributed by atoms with Gasteiger partial charge >= 0.3 is 6.03 Å². The molecule has 1 atom stereocenters. The molecule has 0 bridgehead atoms. The van der Waals surface area contributed by atoms with E-state index >= 15 is 0 Å². The Bertz CT molecular complexity index is 1060. The smallest absolute Gasteiger partial charge is 0.319 e. The van der Waals surface area contributed by atoms with Crippen LogP contribution in [-0.2, 0) is 16.9 Å². The van der Waals surface area contributed by atoms with Crippen molar-refractivity contribution in [2.75, 3.05) is 11.9 Å². The number of nitrogens with one attached hydrogen (secondary N) is 3. The lowest BCUT2D eigenvalue weighted by molar-refractivity contribution is -0.121. The molecule has 1 saturated carbocycles. The van der Waals surface area contributed by atoms with Gasteiger partial charge in [0, 0.05) is 10.6 Å². The third-order valence-electron chi connectivity index (χ3n) is 8.45. The molecule has 1 aliphatic heterocycles. The number of hydrogen-bond acceptors (Lipinski definition) is 4. The summed E-state index contributed by atoms with van der Waals surface area (Å²) in [4.78, 5) is 28.5. The van der Waals surface area contributed by atoms with Crippen LogP contribution in [0.1, 0.15) is 62.9 Å². The largest absolute Gasteiger partial charge is 0.394 e. The van der Waals surface area contributed by atoms with Gasteiger partial charge in [0.15, 0.2) is 5.82 Å². The fraction of sp³-hybridized carbons (Fsp3) is 0.560. The van der Waals surface area contributed by atoms with E-state index in [0.29, 0.717) is 12.4 Å². The zero-order chi connectivity index (χ0) is 24.7. The number of nitrogens with zero attached hydrogens (tertiary/aromatic N) is 2. The first-order valence-corrected chi connectivity index (χ1v) is 15.4. The lowest BCUT2D eigenvalue weighted by atomic mass is 9.83. The maximum absolute atomic E-state index is 13.5. The first-order valence-electron chi connectivity index (χ1n) is 12.2. The van der Waals surface area contributed by atoms with Gasteiger partial charge in [0.25, 0.3) is 0 Å².